The molecule has 1 aromatic heterocycles. The number of nitrogens with zero attached hydrogens (tertiary/aromatic N) is 2. The van der Waals surface area contributed by atoms with Gasteiger partial charge in [-0.25, -0.2) is 4.98 Å². The van der Waals surface area contributed by atoms with Gasteiger partial charge in [-0.15, -0.1) is 0 Å². The topological polar surface area (TPSA) is 33.2 Å². The van der Waals surface area contributed by atoms with Crippen molar-refractivity contribution >= 4 is 17.5 Å². The van der Waals surface area contributed by atoms with Gasteiger partial charge in [0.15, 0.2) is 0 Å². The smallest absolute Gasteiger partial charge is 0.219 e. The molecule has 1 amide bonds. The molecular weight excluding hydrogens is 224 g/mol. The van der Waals surface area contributed by atoms with E-state index in [1.807, 2.05) is 17.9 Å². The first-order valence-electron chi connectivity index (χ1n) is 5.50. The van der Waals surface area contributed by atoms with Crippen LogP contribution in [0.4, 0.5) is 0 Å². The minimum absolute atomic E-state index is 0.136. The van der Waals surface area contributed by atoms with Gasteiger partial charge in [0.05, 0.1) is 6.04 Å². The monoisotopic (exact) mass is 238 g/mol. The molecule has 0 unspecified atom stereocenters. The fourth-order valence-electron chi connectivity index (χ4n) is 2.36. The molecule has 0 aromatic carbocycles. The number of carbonyl (C=O) groups is 1. The van der Waals surface area contributed by atoms with Gasteiger partial charge < -0.3 is 4.90 Å². The lowest BCUT2D eigenvalue weighted by Crippen LogP contribution is -2.28. The highest BCUT2D eigenvalue weighted by molar-refractivity contribution is 6.29. The van der Waals surface area contributed by atoms with Crippen molar-refractivity contribution in [2.24, 2.45) is 0 Å². The molecular formula is C12H15ClN2O. The predicted molar refractivity (Wildman–Crippen MR) is 63.3 cm³/mol. The molecule has 1 atom stereocenters. The average Bonchev–Trinajstić information content (AvgIpc) is 2.66. The maximum absolute atomic E-state index is 11.5. The Bertz CT molecular complexity index is 419. The predicted octanol–water partition coefficient (Wildman–Crippen LogP) is 2.73. The molecule has 4 heteroatoms. The summed E-state index contributed by atoms with van der Waals surface area (Å²) in [6.07, 6.45) is 2.08. The van der Waals surface area contributed by atoms with Crippen molar-refractivity contribution in [3.63, 3.8) is 0 Å². The highest BCUT2D eigenvalue weighted by Crippen LogP contribution is 2.33. The van der Waals surface area contributed by atoms with Crippen LogP contribution in [-0.4, -0.2) is 22.3 Å². The zero-order valence-corrected chi connectivity index (χ0v) is 10.3. The summed E-state index contributed by atoms with van der Waals surface area (Å²) < 4.78 is 0. The Morgan fingerprint density at radius 2 is 2.31 bits per heavy atom. The van der Waals surface area contributed by atoms with Gasteiger partial charge in [-0.3, -0.25) is 4.79 Å². The highest BCUT2D eigenvalue weighted by atomic mass is 35.5. The van der Waals surface area contributed by atoms with E-state index in [1.165, 1.54) is 0 Å². The van der Waals surface area contributed by atoms with Gasteiger partial charge in [0.1, 0.15) is 5.15 Å². The molecule has 86 valence electrons. The third-order valence-electron chi connectivity index (χ3n) is 3.11. The van der Waals surface area contributed by atoms with E-state index >= 15 is 0 Å². The summed E-state index contributed by atoms with van der Waals surface area (Å²) in [6, 6.07) is 3.96. The molecule has 16 heavy (non-hydrogen) atoms. The van der Waals surface area contributed by atoms with Gasteiger partial charge in [0.2, 0.25) is 5.91 Å². The Hall–Kier alpha value is -1.09. The third kappa shape index (κ3) is 2.05. The summed E-state index contributed by atoms with van der Waals surface area (Å²) in [4.78, 5) is 17.6. The number of hydrogen-bond acceptors (Lipinski definition) is 2. The summed E-state index contributed by atoms with van der Waals surface area (Å²) in [5.74, 6) is 0.136. The number of hydrogen-bond donors (Lipinski definition) is 0. The number of carbonyl (C=O) groups excluding carboxylic acids is 1. The van der Waals surface area contributed by atoms with E-state index < -0.39 is 0 Å². The van der Waals surface area contributed by atoms with Crippen molar-refractivity contribution in [2.45, 2.75) is 32.7 Å². The number of aromatic nitrogens is 1. The molecule has 1 aromatic rings. The lowest BCUT2D eigenvalue weighted by Gasteiger charge is -2.24. The van der Waals surface area contributed by atoms with Crippen molar-refractivity contribution in [1.82, 2.24) is 9.88 Å². The normalized spacial score (nSPS) is 20.2. The third-order valence-corrected chi connectivity index (χ3v) is 3.32. The van der Waals surface area contributed by atoms with Crippen LogP contribution in [0.3, 0.4) is 0 Å². The Morgan fingerprint density at radius 1 is 1.56 bits per heavy atom. The first-order valence-corrected chi connectivity index (χ1v) is 5.87. The molecule has 1 saturated heterocycles. The van der Waals surface area contributed by atoms with Gasteiger partial charge in [-0.2, -0.15) is 0 Å². The quantitative estimate of drug-likeness (QED) is 0.705. The number of amides is 1. The molecule has 2 rings (SSSR count). The lowest BCUT2D eigenvalue weighted by molar-refractivity contribution is -0.129. The summed E-state index contributed by atoms with van der Waals surface area (Å²) in [7, 11) is 0. The molecule has 0 bridgehead atoms. The minimum atomic E-state index is 0.136. The number of likely N-dealkylation sites (tertiary alicyclic amines) is 1. The molecule has 1 aliphatic rings. The van der Waals surface area contributed by atoms with Crippen molar-refractivity contribution in [3.8, 4) is 0 Å². The van der Waals surface area contributed by atoms with Crippen LogP contribution in [0, 0.1) is 6.92 Å². The second-order valence-corrected chi connectivity index (χ2v) is 4.57. The van der Waals surface area contributed by atoms with Crippen LogP contribution in [0.2, 0.25) is 5.15 Å². The first kappa shape index (κ1) is 11.4. The molecule has 3 nitrogen and oxygen atoms in total. The molecule has 0 radical (unpaired) electrons. The minimum Gasteiger partial charge on any atom is -0.336 e. The molecule has 2 heterocycles. The fourth-order valence-corrected chi connectivity index (χ4v) is 2.55. The molecule has 0 N–H and O–H groups in total. The Labute approximate surface area is 100 Å². The Balaban J connectivity index is 2.32. The molecule has 1 aliphatic heterocycles. The fraction of sp³-hybridized carbons (Fsp3) is 0.500. The van der Waals surface area contributed by atoms with Crippen molar-refractivity contribution in [2.75, 3.05) is 6.54 Å². The van der Waals surface area contributed by atoms with Gasteiger partial charge in [-0.05, 0) is 31.4 Å². The van der Waals surface area contributed by atoms with Gasteiger partial charge >= 0.3 is 0 Å². The van der Waals surface area contributed by atoms with E-state index in [9.17, 15) is 4.79 Å². The Morgan fingerprint density at radius 3 is 2.94 bits per heavy atom. The van der Waals surface area contributed by atoms with E-state index in [2.05, 4.69) is 4.98 Å². The molecule has 0 saturated carbocycles. The largest absolute Gasteiger partial charge is 0.336 e. The van der Waals surface area contributed by atoms with Crippen molar-refractivity contribution in [3.05, 3.63) is 28.5 Å². The zero-order chi connectivity index (χ0) is 11.7. The van der Waals surface area contributed by atoms with Crippen LogP contribution < -0.4 is 0 Å². The molecule has 0 aliphatic carbocycles. The van der Waals surface area contributed by atoms with Crippen molar-refractivity contribution < 1.29 is 4.79 Å². The SMILES string of the molecule is CC(=O)N1CCC[C@@H]1c1ccc(Cl)nc1C. The van der Waals surface area contributed by atoms with E-state index in [0.29, 0.717) is 5.15 Å². The highest BCUT2D eigenvalue weighted by Gasteiger charge is 2.29. The maximum Gasteiger partial charge on any atom is 0.219 e. The summed E-state index contributed by atoms with van der Waals surface area (Å²) in [5.41, 5.74) is 2.04. The van der Waals surface area contributed by atoms with E-state index in [0.717, 1.165) is 30.6 Å². The van der Waals surface area contributed by atoms with E-state index in [4.69, 9.17) is 11.6 Å². The van der Waals surface area contributed by atoms with Gasteiger partial charge in [0.25, 0.3) is 0 Å². The standard InChI is InChI=1S/C12H15ClN2O/c1-8-10(5-6-12(13)14-8)11-4-3-7-15(11)9(2)16/h5-6,11H,3-4,7H2,1-2H3/t11-/m1/s1. The van der Waals surface area contributed by atoms with Crippen LogP contribution in [0.25, 0.3) is 0 Å². The summed E-state index contributed by atoms with van der Waals surface area (Å²) >= 11 is 5.83. The number of rotatable bonds is 1. The van der Waals surface area contributed by atoms with Crippen LogP contribution in [-0.2, 0) is 4.79 Å². The van der Waals surface area contributed by atoms with Crippen LogP contribution in [0.15, 0.2) is 12.1 Å². The molecule has 1 fully saturated rings. The van der Waals surface area contributed by atoms with Crippen LogP contribution in [0.5, 0.6) is 0 Å². The number of pyridine rings is 1. The number of halogens is 1. The van der Waals surface area contributed by atoms with E-state index in [1.54, 1.807) is 13.0 Å². The maximum atomic E-state index is 11.5. The average molecular weight is 239 g/mol. The number of aryl methyl sites for hydroxylation is 1. The summed E-state index contributed by atoms with van der Waals surface area (Å²) in [5, 5.41) is 0.508. The summed E-state index contributed by atoms with van der Waals surface area (Å²) in [6.45, 7) is 4.41. The van der Waals surface area contributed by atoms with Crippen molar-refractivity contribution in [1.29, 1.82) is 0 Å². The second kappa shape index (κ2) is 4.42. The van der Waals surface area contributed by atoms with E-state index in [-0.39, 0.29) is 11.9 Å². The van der Waals surface area contributed by atoms with Gasteiger partial charge in [0, 0.05) is 19.2 Å². The Kier molecular flexibility index (Phi) is 3.15. The lowest BCUT2D eigenvalue weighted by atomic mass is 10.0. The zero-order valence-electron chi connectivity index (χ0n) is 9.53. The van der Waals surface area contributed by atoms with Crippen LogP contribution >= 0.6 is 11.6 Å². The molecule has 0 spiro atoms. The van der Waals surface area contributed by atoms with Gasteiger partial charge in [-0.1, -0.05) is 17.7 Å². The van der Waals surface area contributed by atoms with Crippen LogP contribution in [0.1, 0.15) is 37.1 Å². The first-order chi connectivity index (χ1) is 7.59. The second-order valence-electron chi connectivity index (χ2n) is 4.18.